The SMILES string of the molecule is CCCNC(CC1CCCC1)C(C)c1ccccn1. The summed E-state index contributed by atoms with van der Waals surface area (Å²) >= 11 is 0. The largest absolute Gasteiger partial charge is 0.313 e. The average Bonchev–Trinajstić information content (AvgIpc) is 2.96. The lowest BCUT2D eigenvalue weighted by Crippen LogP contribution is -2.36. The molecule has 0 amide bonds. The van der Waals surface area contributed by atoms with Crippen LogP contribution in [0.2, 0.25) is 0 Å². The Hall–Kier alpha value is -0.890. The summed E-state index contributed by atoms with van der Waals surface area (Å²) in [5.74, 6) is 1.44. The molecule has 0 aromatic carbocycles. The summed E-state index contributed by atoms with van der Waals surface area (Å²) in [7, 11) is 0. The highest BCUT2D eigenvalue weighted by Crippen LogP contribution is 2.32. The molecule has 1 aliphatic carbocycles. The lowest BCUT2D eigenvalue weighted by molar-refractivity contribution is 0.349. The number of nitrogens with zero attached hydrogens (tertiary/aromatic N) is 1. The molecule has 1 saturated carbocycles. The zero-order chi connectivity index (χ0) is 13.5. The van der Waals surface area contributed by atoms with Gasteiger partial charge < -0.3 is 5.32 Å². The van der Waals surface area contributed by atoms with Gasteiger partial charge in [0.05, 0.1) is 0 Å². The van der Waals surface area contributed by atoms with Crippen molar-refractivity contribution in [3.8, 4) is 0 Å². The summed E-state index contributed by atoms with van der Waals surface area (Å²) in [5.41, 5.74) is 1.23. The fourth-order valence-electron chi connectivity index (χ4n) is 3.25. The van der Waals surface area contributed by atoms with Crippen LogP contribution < -0.4 is 5.32 Å². The van der Waals surface area contributed by atoms with Crippen LogP contribution in [0.5, 0.6) is 0 Å². The molecule has 2 unspecified atom stereocenters. The van der Waals surface area contributed by atoms with Gasteiger partial charge >= 0.3 is 0 Å². The van der Waals surface area contributed by atoms with Gasteiger partial charge in [0.15, 0.2) is 0 Å². The summed E-state index contributed by atoms with van der Waals surface area (Å²) in [4.78, 5) is 4.54. The molecule has 1 heterocycles. The second-order valence-electron chi connectivity index (χ2n) is 5.99. The molecule has 106 valence electrons. The molecule has 0 bridgehead atoms. The van der Waals surface area contributed by atoms with Gasteiger partial charge in [-0.3, -0.25) is 4.98 Å². The highest BCUT2D eigenvalue weighted by Gasteiger charge is 2.25. The Kier molecular flexibility index (Phi) is 5.84. The van der Waals surface area contributed by atoms with E-state index in [4.69, 9.17) is 0 Å². The Labute approximate surface area is 118 Å². The third kappa shape index (κ3) is 4.31. The van der Waals surface area contributed by atoms with Crippen LogP contribution in [0.1, 0.15) is 64.0 Å². The van der Waals surface area contributed by atoms with Crippen LogP contribution >= 0.6 is 0 Å². The van der Waals surface area contributed by atoms with Crippen LogP contribution in [-0.4, -0.2) is 17.6 Å². The van der Waals surface area contributed by atoms with Gasteiger partial charge in [-0.05, 0) is 37.4 Å². The highest BCUT2D eigenvalue weighted by atomic mass is 14.9. The molecule has 2 nitrogen and oxygen atoms in total. The molecule has 2 heteroatoms. The summed E-state index contributed by atoms with van der Waals surface area (Å²) in [6.07, 6.45) is 10.2. The highest BCUT2D eigenvalue weighted by molar-refractivity contribution is 5.11. The number of aromatic nitrogens is 1. The Bertz CT molecular complexity index is 344. The van der Waals surface area contributed by atoms with Gasteiger partial charge in [-0.2, -0.15) is 0 Å². The minimum Gasteiger partial charge on any atom is -0.313 e. The van der Waals surface area contributed by atoms with Gasteiger partial charge in [-0.15, -0.1) is 0 Å². The third-order valence-electron chi connectivity index (χ3n) is 4.48. The van der Waals surface area contributed by atoms with Crippen LogP contribution in [0.4, 0.5) is 0 Å². The molecule has 1 aromatic rings. The molecular formula is C17H28N2. The second kappa shape index (κ2) is 7.64. The molecule has 0 aliphatic heterocycles. The molecule has 0 spiro atoms. The van der Waals surface area contributed by atoms with E-state index in [0.29, 0.717) is 12.0 Å². The molecule has 2 atom stereocenters. The van der Waals surface area contributed by atoms with Crippen molar-refractivity contribution >= 4 is 0 Å². The number of hydrogen-bond donors (Lipinski definition) is 1. The number of pyridine rings is 1. The van der Waals surface area contributed by atoms with Gasteiger partial charge in [0.2, 0.25) is 0 Å². The second-order valence-corrected chi connectivity index (χ2v) is 5.99. The predicted octanol–water partition coefficient (Wildman–Crippen LogP) is 4.13. The van der Waals surface area contributed by atoms with Gasteiger partial charge in [0.1, 0.15) is 0 Å². The smallest absolute Gasteiger partial charge is 0.0447 e. The van der Waals surface area contributed by atoms with E-state index in [0.717, 1.165) is 12.5 Å². The molecule has 1 N–H and O–H groups in total. The third-order valence-corrected chi connectivity index (χ3v) is 4.48. The van der Waals surface area contributed by atoms with Gasteiger partial charge in [-0.25, -0.2) is 0 Å². The van der Waals surface area contributed by atoms with Crippen LogP contribution in [-0.2, 0) is 0 Å². The molecule has 0 saturated heterocycles. The molecule has 0 radical (unpaired) electrons. The Morgan fingerprint density at radius 2 is 2.11 bits per heavy atom. The molecule has 1 fully saturated rings. The molecule has 1 aromatic heterocycles. The lowest BCUT2D eigenvalue weighted by Gasteiger charge is -2.27. The fraction of sp³-hybridized carbons (Fsp3) is 0.706. The summed E-state index contributed by atoms with van der Waals surface area (Å²) in [6, 6.07) is 6.85. The molecule has 19 heavy (non-hydrogen) atoms. The first kappa shape index (κ1) is 14.5. The van der Waals surface area contributed by atoms with Crippen molar-refractivity contribution < 1.29 is 0 Å². The summed E-state index contributed by atoms with van der Waals surface area (Å²) in [6.45, 7) is 5.68. The zero-order valence-electron chi connectivity index (χ0n) is 12.4. The van der Waals surface area contributed by atoms with E-state index in [1.54, 1.807) is 0 Å². The standard InChI is InChI=1S/C17H28N2/c1-3-11-18-17(13-15-8-4-5-9-15)14(2)16-10-6-7-12-19-16/h6-7,10,12,14-15,17-18H,3-5,8-9,11,13H2,1-2H3. The van der Waals surface area contributed by atoms with E-state index < -0.39 is 0 Å². The number of hydrogen-bond acceptors (Lipinski definition) is 2. The van der Waals surface area contributed by atoms with Crippen molar-refractivity contribution in [2.45, 2.75) is 64.3 Å². The topological polar surface area (TPSA) is 24.9 Å². The normalized spacial score (nSPS) is 19.5. The fourth-order valence-corrected chi connectivity index (χ4v) is 3.25. The Morgan fingerprint density at radius 1 is 1.32 bits per heavy atom. The monoisotopic (exact) mass is 260 g/mol. The Morgan fingerprint density at radius 3 is 2.74 bits per heavy atom. The van der Waals surface area contributed by atoms with E-state index in [-0.39, 0.29) is 0 Å². The number of nitrogens with one attached hydrogen (secondary N) is 1. The first-order valence-electron chi connectivity index (χ1n) is 7.95. The van der Waals surface area contributed by atoms with Crippen LogP contribution in [0.25, 0.3) is 0 Å². The lowest BCUT2D eigenvalue weighted by atomic mass is 9.88. The van der Waals surface area contributed by atoms with E-state index in [1.165, 1.54) is 44.2 Å². The van der Waals surface area contributed by atoms with E-state index in [9.17, 15) is 0 Å². The Balaban J connectivity index is 1.98. The van der Waals surface area contributed by atoms with Crippen LogP contribution in [0.15, 0.2) is 24.4 Å². The minimum absolute atomic E-state index is 0.508. The van der Waals surface area contributed by atoms with Crippen molar-refractivity contribution in [2.75, 3.05) is 6.54 Å². The van der Waals surface area contributed by atoms with Gasteiger partial charge in [-0.1, -0.05) is 45.6 Å². The maximum Gasteiger partial charge on any atom is 0.0447 e. The molecule has 2 rings (SSSR count). The van der Waals surface area contributed by atoms with Crippen molar-refractivity contribution in [3.05, 3.63) is 30.1 Å². The van der Waals surface area contributed by atoms with E-state index in [2.05, 4.69) is 36.3 Å². The van der Waals surface area contributed by atoms with Gasteiger partial charge in [0, 0.05) is 23.9 Å². The van der Waals surface area contributed by atoms with Crippen molar-refractivity contribution in [1.82, 2.24) is 10.3 Å². The maximum absolute atomic E-state index is 4.54. The quantitative estimate of drug-likeness (QED) is 0.797. The van der Waals surface area contributed by atoms with Crippen molar-refractivity contribution in [2.24, 2.45) is 5.92 Å². The van der Waals surface area contributed by atoms with Gasteiger partial charge in [0.25, 0.3) is 0 Å². The first-order valence-corrected chi connectivity index (χ1v) is 7.95. The van der Waals surface area contributed by atoms with Crippen molar-refractivity contribution in [1.29, 1.82) is 0 Å². The predicted molar refractivity (Wildman–Crippen MR) is 81.3 cm³/mol. The summed E-state index contributed by atoms with van der Waals surface area (Å²) < 4.78 is 0. The zero-order valence-corrected chi connectivity index (χ0v) is 12.4. The van der Waals surface area contributed by atoms with Crippen molar-refractivity contribution in [3.63, 3.8) is 0 Å². The summed E-state index contributed by atoms with van der Waals surface area (Å²) in [5, 5.41) is 3.75. The van der Waals surface area contributed by atoms with Crippen LogP contribution in [0, 0.1) is 5.92 Å². The first-order chi connectivity index (χ1) is 9.31. The minimum atomic E-state index is 0.508. The van der Waals surface area contributed by atoms with E-state index >= 15 is 0 Å². The molecule has 1 aliphatic rings. The number of rotatable bonds is 7. The maximum atomic E-state index is 4.54. The van der Waals surface area contributed by atoms with E-state index in [1.807, 2.05) is 12.3 Å². The molecular weight excluding hydrogens is 232 g/mol. The average molecular weight is 260 g/mol. The van der Waals surface area contributed by atoms with Crippen LogP contribution in [0.3, 0.4) is 0 Å².